The van der Waals surface area contributed by atoms with Gasteiger partial charge in [0, 0.05) is 25.3 Å². The zero-order valence-corrected chi connectivity index (χ0v) is 9.70. The van der Waals surface area contributed by atoms with E-state index >= 15 is 0 Å². The van der Waals surface area contributed by atoms with Gasteiger partial charge in [-0.25, -0.2) is 0 Å². The summed E-state index contributed by atoms with van der Waals surface area (Å²) >= 11 is 0. The van der Waals surface area contributed by atoms with E-state index in [1.54, 1.807) is 6.20 Å². The van der Waals surface area contributed by atoms with E-state index in [4.69, 9.17) is 0 Å². The lowest BCUT2D eigenvalue weighted by Crippen LogP contribution is -2.42. The van der Waals surface area contributed by atoms with Gasteiger partial charge in [-0.3, -0.25) is 4.79 Å². The number of aromatic nitrogens is 1. The van der Waals surface area contributed by atoms with Crippen molar-refractivity contribution in [3.05, 3.63) is 24.0 Å². The van der Waals surface area contributed by atoms with Crippen LogP contribution in [0.3, 0.4) is 0 Å². The summed E-state index contributed by atoms with van der Waals surface area (Å²) in [5.74, 6) is 0.126. The maximum atomic E-state index is 12.2. The summed E-state index contributed by atoms with van der Waals surface area (Å²) in [5, 5.41) is 3.31. The molecule has 2 heterocycles. The summed E-state index contributed by atoms with van der Waals surface area (Å²) in [5.41, 5.74) is 0.695. The third-order valence-corrected chi connectivity index (χ3v) is 3.03. The van der Waals surface area contributed by atoms with Crippen LogP contribution in [0.25, 0.3) is 0 Å². The second-order valence-corrected chi connectivity index (χ2v) is 4.23. The molecule has 1 fully saturated rings. The molecule has 1 aliphatic heterocycles. The minimum atomic E-state index is 0.126. The average Bonchev–Trinajstić information content (AvgIpc) is 2.96. The lowest BCUT2D eigenvalue weighted by Gasteiger charge is -2.27. The van der Waals surface area contributed by atoms with Crippen molar-refractivity contribution >= 4 is 5.91 Å². The van der Waals surface area contributed by atoms with Crippen LogP contribution >= 0.6 is 0 Å². The molecule has 1 aromatic rings. The summed E-state index contributed by atoms with van der Waals surface area (Å²) in [7, 11) is 0. The Bertz CT molecular complexity index is 328. The van der Waals surface area contributed by atoms with Crippen molar-refractivity contribution in [2.24, 2.45) is 0 Å². The van der Waals surface area contributed by atoms with Crippen LogP contribution in [0.4, 0.5) is 0 Å². The Hall–Kier alpha value is -1.29. The first-order valence-electron chi connectivity index (χ1n) is 5.98. The Kier molecular flexibility index (Phi) is 3.62. The largest absolute Gasteiger partial charge is 0.357 e. The van der Waals surface area contributed by atoms with Crippen LogP contribution < -0.4 is 5.32 Å². The first-order chi connectivity index (χ1) is 7.83. The highest BCUT2D eigenvalue weighted by molar-refractivity contribution is 5.92. The normalized spacial score (nSPS) is 19.9. The Morgan fingerprint density at radius 1 is 1.62 bits per heavy atom. The maximum Gasteiger partial charge on any atom is 0.270 e. The lowest BCUT2D eigenvalue weighted by atomic mass is 10.2. The van der Waals surface area contributed by atoms with Gasteiger partial charge in [0.25, 0.3) is 5.91 Å². The molecule has 88 valence electrons. The maximum absolute atomic E-state index is 12.2. The van der Waals surface area contributed by atoms with Crippen LogP contribution in [-0.2, 0) is 0 Å². The van der Waals surface area contributed by atoms with Gasteiger partial charge in [0.2, 0.25) is 0 Å². The third kappa shape index (κ3) is 2.27. The molecule has 0 saturated carbocycles. The van der Waals surface area contributed by atoms with Crippen molar-refractivity contribution in [3.8, 4) is 0 Å². The molecular weight excluding hydrogens is 202 g/mol. The van der Waals surface area contributed by atoms with Crippen LogP contribution in [0.5, 0.6) is 0 Å². The Morgan fingerprint density at radius 3 is 3.06 bits per heavy atom. The molecule has 0 aromatic carbocycles. The molecule has 1 aromatic heterocycles. The van der Waals surface area contributed by atoms with Crippen molar-refractivity contribution in [2.75, 3.05) is 19.6 Å². The topological polar surface area (TPSA) is 48.1 Å². The highest BCUT2D eigenvalue weighted by Crippen LogP contribution is 2.13. The Balaban J connectivity index is 2.09. The van der Waals surface area contributed by atoms with Gasteiger partial charge in [0.1, 0.15) is 5.69 Å². The number of hydrogen-bond acceptors (Lipinski definition) is 2. The number of nitrogens with one attached hydrogen (secondary N) is 2. The fourth-order valence-corrected chi connectivity index (χ4v) is 2.21. The second kappa shape index (κ2) is 5.16. The van der Waals surface area contributed by atoms with Crippen LogP contribution in [0.15, 0.2) is 18.3 Å². The van der Waals surface area contributed by atoms with Crippen LogP contribution in [0.1, 0.15) is 30.3 Å². The fourth-order valence-electron chi connectivity index (χ4n) is 2.21. The molecular formula is C12H19N3O. The van der Waals surface area contributed by atoms with Gasteiger partial charge in [-0.05, 0) is 31.5 Å². The molecule has 16 heavy (non-hydrogen) atoms. The molecule has 1 atom stereocenters. The number of carbonyl (C=O) groups excluding carboxylic acids is 1. The molecule has 0 spiro atoms. The van der Waals surface area contributed by atoms with Gasteiger partial charge in [0.05, 0.1) is 0 Å². The van der Waals surface area contributed by atoms with Crippen LogP contribution in [-0.4, -0.2) is 41.5 Å². The average molecular weight is 221 g/mol. The highest BCUT2D eigenvalue weighted by Gasteiger charge is 2.26. The monoisotopic (exact) mass is 221 g/mol. The molecule has 4 nitrogen and oxygen atoms in total. The van der Waals surface area contributed by atoms with E-state index < -0.39 is 0 Å². The first kappa shape index (κ1) is 11.2. The summed E-state index contributed by atoms with van der Waals surface area (Å²) in [6.07, 6.45) is 3.86. The summed E-state index contributed by atoms with van der Waals surface area (Å²) in [6.45, 7) is 4.89. The van der Waals surface area contributed by atoms with Crippen molar-refractivity contribution in [1.29, 1.82) is 0 Å². The van der Waals surface area contributed by atoms with Gasteiger partial charge in [0.15, 0.2) is 0 Å². The SMILES string of the molecule is CCCN(C(=O)c1ccc[nH]1)C1CCNC1. The molecule has 4 heteroatoms. The van der Waals surface area contributed by atoms with E-state index in [-0.39, 0.29) is 5.91 Å². The van der Waals surface area contributed by atoms with Gasteiger partial charge < -0.3 is 15.2 Å². The molecule has 2 N–H and O–H groups in total. The molecule has 1 saturated heterocycles. The number of nitrogens with zero attached hydrogens (tertiary/aromatic N) is 1. The number of hydrogen-bond donors (Lipinski definition) is 2. The third-order valence-electron chi connectivity index (χ3n) is 3.03. The van der Waals surface area contributed by atoms with Gasteiger partial charge >= 0.3 is 0 Å². The number of carbonyl (C=O) groups is 1. The molecule has 1 unspecified atom stereocenters. The molecule has 1 amide bonds. The van der Waals surface area contributed by atoms with Crippen LogP contribution in [0.2, 0.25) is 0 Å². The molecule has 0 aliphatic carbocycles. The summed E-state index contributed by atoms with van der Waals surface area (Å²) in [6, 6.07) is 4.06. The van der Waals surface area contributed by atoms with Gasteiger partial charge in [-0.2, -0.15) is 0 Å². The number of rotatable bonds is 4. The van der Waals surface area contributed by atoms with Crippen molar-refractivity contribution in [2.45, 2.75) is 25.8 Å². The summed E-state index contributed by atoms with van der Waals surface area (Å²) < 4.78 is 0. The van der Waals surface area contributed by atoms with E-state index in [2.05, 4.69) is 17.2 Å². The van der Waals surface area contributed by atoms with Gasteiger partial charge in [-0.15, -0.1) is 0 Å². The van der Waals surface area contributed by atoms with E-state index in [9.17, 15) is 4.79 Å². The van der Waals surface area contributed by atoms with E-state index in [0.717, 1.165) is 32.5 Å². The van der Waals surface area contributed by atoms with Gasteiger partial charge in [-0.1, -0.05) is 6.92 Å². The molecule has 1 aliphatic rings. The van der Waals surface area contributed by atoms with Crippen molar-refractivity contribution in [1.82, 2.24) is 15.2 Å². The van der Waals surface area contributed by atoms with E-state index in [1.165, 1.54) is 0 Å². The fraction of sp³-hybridized carbons (Fsp3) is 0.583. The van der Waals surface area contributed by atoms with E-state index in [1.807, 2.05) is 17.0 Å². The second-order valence-electron chi connectivity index (χ2n) is 4.23. The Labute approximate surface area is 96.0 Å². The quantitative estimate of drug-likeness (QED) is 0.803. The predicted octanol–water partition coefficient (Wildman–Crippen LogP) is 1.23. The minimum Gasteiger partial charge on any atom is -0.357 e. The van der Waals surface area contributed by atoms with Crippen molar-refractivity contribution in [3.63, 3.8) is 0 Å². The highest BCUT2D eigenvalue weighted by atomic mass is 16.2. The smallest absolute Gasteiger partial charge is 0.270 e. The van der Waals surface area contributed by atoms with E-state index in [0.29, 0.717) is 11.7 Å². The molecule has 2 rings (SSSR count). The number of amides is 1. The molecule has 0 radical (unpaired) electrons. The zero-order valence-electron chi connectivity index (χ0n) is 9.70. The summed E-state index contributed by atoms with van der Waals surface area (Å²) in [4.78, 5) is 17.2. The number of H-pyrrole nitrogens is 1. The zero-order chi connectivity index (χ0) is 11.4. The number of aromatic amines is 1. The first-order valence-corrected chi connectivity index (χ1v) is 5.98. The lowest BCUT2D eigenvalue weighted by molar-refractivity contribution is 0.0687. The van der Waals surface area contributed by atoms with Crippen LogP contribution in [0, 0.1) is 0 Å². The molecule has 0 bridgehead atoms. The standard InChI is InChI=1S/C12H19N3O/c1-2-8-15(10-5-7-13-9-10)12(16)11-4-3-6-14-11/h3-4,6,10,13-14H,2,5,7-9H2,1H3. The van der Waals surface area contributed by atoms with Crippen molar-refractivity contribution < 1.29 is 4.79 Å². The minimum absolute atomic E-state index is 0.126. The Morgan fingerprint density at radius 2 is 2.50 bits per heavy atom. The predicted molar refractivity (Wildman–Crippen MR) is 63.4 cm³/mol.